The molecule has 2 rings (SSSR count). The Kier molecular flexibility index (Phi) is 6.39. The van der Waals surface area contributed by atoms with Crippen LogP contribution in [0, 0.1) is 6.92 Å². The van der Waals surface area contributed by atoms with E-state index in [9.17, 15) is 9.90 Å². The summed E-state index contributed by atoms with van der Waals surface area (Å²) in [6.45, 7) is 5.90. The zero-order valence-electron chi connectivity index (χ0n) is 14.5. The molecule has 6 heteroatoms. The van der Waals surface area contributed by atoms with Gasteiger partial charge in [-0.05, 0) is 56.7 Å². The molecule has 0 unspecified atom stereocenters. The van der Waals surface area contributed by atoms with Crippen LogP contribution in [0.1, 0.15) is 25.0 Å². The zero-order chi connectivity index (χ0) is 18.2. The molecule has 132 valence electrons. The molecular weight excluding hydrogens is 320 g/mol. The Morgan fingerprint density at radius 1 is 1.28 bits per heavy atom. The Hall–Kier alpha value is -3.02. The van der Waals surface area contributed by atoms with E-state index in [1.807, 2.05) is 38.1 Å². The lowest BCUT2D eigenvalue weighted by molar-refractivity contribution is -0.127. The number of aromatic hydroxyl groups is 1. The third kappa shape index (κ3) is 5.53. The molecule has 6 nitrogen and oxygen atoms in total. The molecule has 1 atom stereocenters. The molecular formula is C19H22N2O4. The topological polar surface area (TPSA) is 80.2 Å². The molecule has 0 aliphatic carbocycles. The van der Waals surface area contributed by atoms with Crippen molar-refractivity contribution in [3.05, 3.63) is 53.6 Å². The lowest BCUT2D eigenvalue weighted by Gasteiger charge is -2.13. The van der Waals surface area contributed by atoms with E-state index in [0.717, 1.165) is 5.56 Å². The number of rotatable bonds is 7. The first-order valence-electron chi connectivity index (χ1n) is 8.01. The Labute approximate surface area is 147 Å². The number of carbonyl (C=O) groups excluding carboxylic acids is 1. The zero-order valence-corrected chi connectivity index (χ0v) is 14.5. The molecule has 0 saturated carbocycles. The fraction of sp³-hybridized carbons (Fsp3) is 0.263. The van der Waals surface area contributed by atoms with Crippen molar-refractivity contribution in [1.29, 1.82) is 0 Å². The quantitative estimate of drug-likeness (QED) is 0.599. The Morgan fingerprint density at radius 2 is 2.00 bits per heavy atom. The van der Waals surface area contributed by atoms with Crippen molar-refractivity contribution < 1.29 is 19.4 Å². The summed E-state index contributed by atoms with van der Waals surface area (Å²) in [5.74, 6) is 0.690. The molecule has 0 aliphatic heterocycles. The first kappa shape index (κ1) is 18.3. The van der Waals surface area contributed by atoms with E-state index in [1.165, 1.54) is 12.3 Å². The number of benzene rings is 2. The van der Waals surface area contributed by atoms with E-state index in [2.05, 4.69) is 10.5 Å². The second-order valence-electron chi connectivity index (χ2n) is 5.47. The maximum absolute atomic E-state index is 12.0. The van der Waals surface area contributed by atoms with Crippen LogP contribution in [0.25, 0.3) is 0 Å². The number of hydrogen-bond donors (Lipinski definition) is 2. The largest absolute Gasteiger partial charge is 0.504 e. The van der Waals surface area contributed by atoms with Gasteiger partial charge in [-0.1, -0.05) is 17.7 Å². The van der Waals surface area contributed by atoms with E-state index < -0.39 is 6.10 Å². The summed E-state index contributed by atoms with van der Waals surface area (Å²) in [6.07, 6.45) is 0.789. The summed E-state index contributed by atoms with van der Waals surface area (Å²) >= 11 is 0. The summed E-state index contributed by atoms with van der Waals surface area (Å²) in [5, 5.41) is 13.6. The van der Waals surface area contributed by atoms with E-state index in [4.69, 9.17) is 9.47 Å². The summed E-state index contributed by atoms with van der Waals surface area (Å²) in [6, 6.07) is 12.3. The van der Waals surface area contributed by atoms with Gasteiger partial charge in [-0.3, -0.25) is 4.79 Å². The first-order chi connectivity index (χ1) is 12.0. The second-order valence-corrected chi connectivity index (χ2v) is 5.47. The van der Waals surface area contributed by atoms with Crippen LogP contribution < -0.4 is 14.9 Å². The maximum Gasteiger partial charge on any atom is 0.280 e. The molecule has 2 aromatic rings. The van der Waals surface area contributed by atoms with Crippen LogP contribution in [0.4, 0.5) is 0 Å². The van der Waals surface area contributed by atoms with Crippen LogP contribution in [0.3, 0.4) is 0 Å². The number of amides is 1. The molecule has 0 fully saturated rings. The summed E-state index contributed by atoms with van der Waals surface area (Å²) in [4.78, 5) is 12.0. The number of phenolic OH excluding ortho intramolecular Hbond substituents is 1. The highest BCUT2D eigenvalue weighted by Crippen LogP contribution is 2.26. The van der Waals surface area contributed by atoms with Gasteiger partial charge in [0.05, 0.1) is 12.8 Å². The molecule has 0 saturated heterocycles. The normalized spacial score (nSPS) is 12.0. The van der Waals surface area contributed by atoms with Crippen LogP contribution in [0.15, 0.2) is 47.6 Å². The number of carbonyl (C=O) groups is 1. The van der Waals surface area contributed by atoms with E-state index in [1.54, 1.807) is 19.1 Å². The number of aryl methyl sites for hydroxylation is 1. The van der Waals surface area contributed by atoms with Crippen molar-refractivity contribution in [3.63, 3.8) is 0 Å². The molecule has 0 bridgehead atoms. The number of phenols is 1. The molecule has 25 heavy (non-hydrogen) atoms. The molecule has 0 heterocycles. The average molecular weight is 342 g/mol. The highest BCUT2D eigenvalue weighted by atomic mass is 16.5. The fourth-order valence-corrected chi connectivity index (χ4v) is 2.02. The average Bonchev–Trinajstić information content (AvgIpc) is 2.59. The molecule has 0 aromatic heterocycles. The monoisotopic (exact) mass is 342 g/mol. The van der Waals surface area contributed by atoms with Gasteiger partial charge in [0.2, 0.25) is 0 Å². The highest BCUT2D eigenvalue weighted by molar-refractivity contribution is 5.84. The van der Waals surface area contributed by atoms with Gasteiger partial charge in [-0.25, -0.2) is 5.43 Å². The van der Waals surface area contributed by atoms with Crippen LogP contribution in [-0.4, -0.2) is 29.9 Å². The van der Waals surface area contributed by atoms with Crippen LogP contribution in [0.2, 0.25) is 0 Å². The van der Waals surface area contributed by atoms with Crippen LogP contribution in [-0.2, 0) is 4.79 Å². The Balaban J connectivity index is 1.91. The molecule has 0 aliphatic rings. The van der Waals surface area contributed by atoms with Crippen molar-refractivity contribution in [3.8, 4) is 17.2 Å². The standard InChI is InChI=1S/C19H22N2O4/c1-4-24-18-11-15(7-10-17(18)22)12-20-21-19(23)14(3)25-16-8-5-13(2)6-9-16/h5-12,14,22H,4H2,1-3H3,(H,21,23)/b20-12+/t14-/m0/s1. The number of hydrazone groups is 1. The molecule has 1 amide bonds. The molecule has 0 spiro atoms. The van der Waals surface area contributed by atoms with Gasteiger partial charge in [-0.15, -0.1) is 0 Å². The number of nitrogens with zero attached hydrogens (tertiary/aromatic N) is 1. The van der Waals surface area contributed by atoms with Gasteiger partial charge < -0.3 is 14.6 Å². The number of hydrogen-bond acceptors (Lipinski definition) is 5. The minimum atomic E-state index is -0.682. The van der Waals surface area contributed by atoms with Gasteiger partial charge in [0.1, 0.15) is 5.75 Å². The van der Waals surface area contributed by atoms with E-state index in [0.29, 0.717) is 23.7 Å². The van der Waals surface area contributed by atoms with Crippen molar-refractivity contribution in [2.45, 2.75) is 26.9 Å². The molecule has 2 N–H and O–H groups in total. The molecule has 0 radical (unpaired) electrons. The second kappa shape index (κ2) is 8.73. The van der Waals surface area contributed by atoms with Crippen molar-refractivity contribution in [1.82, 2.24) is 5.43 Å². The van der Waals surface area contributed by atoms with Crippen molar-refractivity contribution >= 4 is 12.1 Å². The van der Waals surface area contributed by atoms with E-state index >= 15 is 0 Å². The third-order valence-electron chi connectivity index (χ3n) is 3.38. The lowest BCUT2D eigenvalue weighted by Crippen LogP contribution is -2.33. The van der Waals surface area contributed by atoms with Crippen molar-refractivity contribution in [2.75, 3.05) is 6.61 Å². The van der Waals surface area contributed by atoms with Gasteiger partial charge in [0.25, 0.3) is 5.91 Å². The summed E-state index contributed by atoms with van der Waals surface area (Å²) in [5.41, 5.74) is 4.24. The van der Waals surface area contributed by atoms with Crippen LogP contribution >= 0.6 is 0 Å². The first-order valence-corrected chi connectivity index (χ1v) is 8.01. The fourth-order valence-electron chi connectivity index (χ4n) is 2.02. The minimum absolute atomic E-state index is 0.0585. The summed E-state index contributed by atoms with van der Waals surface area (Å²) in [7, 11) is 0. The Morgan fingerprint density at radius 3 is 2.68 bits per heavy atom. The summed E-state index contributed by atoms with van der Waals surface area (Å²) < 4.78 is 10.9. The van der Waals surface area contributed by atoms with Crippen LogP contribution in [0.5, 0.6) is 17.2 Å². The number of nitrogens with one attached hydrogen (secondary N) is 1. The SMILES string of the molecule is CCOc1cc(/C=N/NC(=O)[C@H](C)Oc2ccc(C)cc2)ccc1O. The van der Waals surface area contributed by atoms with Crippen molar-refractivity contribution in [2.24, 2.45) is 5.10 Å². The van der Waals surface area contributed by atoms with Gasteiger partial charge in [-0.2, -0.15) is 5.10 Å². The Bertz CT molecular complexity index is 742. The number of ether oxygens (including phenoxy) is 2. The van der Waals surface area contributed by atoms with Gasteiger partial charge in [0, 0.05) is 0 Å². The van der Waals surface area contributed by atoms with E-state index in [-0.39, 0.29) is 11.7 Å². The maximum atomic E-state index is 12.0. The predicted molar refractivity (Wildman–Crippen MR) is 96.3 cm³/mol. The predicted octanol–water partition coefficient (Wildman–Crippen LogP) is 3.02. The lowest BCUT2D eigenvalue weighted by atomic mass is 10.2. The minimum Gasteiger partial charge on any atom is -0.504 e. The third-order valence-corrected chi connectivity index (χ3v) is 3.38. The molecule has 2 aromatic carbocycles. The van der Waals surface area contributed by atoms with Gasteiger partial charge in [0.15, 0.2) is 17.6 Å². The highest BCUT2D eigenvalue weighted by Gasteiger charge is 2.13. The van der Waals surface area contributed by atoms with Gasteiger partial charge >= 0.3 is 0 Å². The smallest absolute Gasteiger partial charge is 0.280 e.